The van der Waals surface area contributed by atoms with Gasteiger partial charge in [-0.3, -0.25) is 14.3 Å². The molecular formula is C26H30ClN5O3. The third-order valence-electron chi connectivity index (χ3n) is 6.89. The van der Waals surface area contributed by atoms with Crippen LogP contribution in [-0.2, 0) is 16.1 Å². The summed E-state index contributed by atoms with van der Waals surface area (Å²) in [5.74, 6) is 1.43. The van der Waals surface area contributed by atoms with E-state index < -0.39 is 0 Å². The van der Waals surface area contributed by atoms with E-state index >= 15 is 0 Å². The van der Waals surface area contributed by atoms with Crippen molar-refractivity contribution in [1.29, 1.82) is 0 Å². The molecular weight excluding hydrogens is 466 g/mol. The van der Waals surface area contributed by atoms with Crippen LogP contribution in [0.3, 0.4) is 0 Å². The van der Waals surface area contributed by atoms with Gasteiger partial charge in [0.05, 0.1) is 30.4 Å². The zero-order valence-corrected chi connectivity index (χ0v) is 20.6. The molecule has 0 atom stereocenters. The first-order valence-electron chi connectivity index (χ1n) is 12.4. The standard InChI is InChI=1S/C26H30ClN5O3/c1-2-35-23(33)9-16-3-7-21(8-4-16)31-26(34)22-11-20(27)10-19-14-30-32(24(19)22)15-17-12-28-25(29-13-17)18-5-6-18/h10-14,16,18,21H,2-9,15H2,1H3,(H,31,34). The number of hydrogen-bond acceptors (Lipinski definition) is 6. The molecule has 2 saturated carbocycles. The number of halogens is 1. The van der Waals surface area contributed by atoms with Gasteiger partial charge in [-0.05, 0) is 63.5 Å². The van der Waals surface area contributed by atoms with E-state index in [1.165, 1.54) is 0 Å². The smallest absolute Gasteiger partial charge is 0.306 e. The molecule has 8 nitrogen and oxygen atoms in total. The quantitative estimate of drug-likeness (QED) is 0.457. The van der Waals surface area contributed by atoms with Gasteiger partial charge in [0.1, 0.15) is 5.82 Å². The first-order chi connectivity index (χ1) is 17.0. The number of ether oxygens (including phenoxy) is 1. The minimum absolute atomic E-state index is 0.0646. The fraction of sp³-hybridized carbons (Fsp3) is 0.500. The lowest BCUT2D eigenvalue weighted by Gasteiger charge is -2.28. The fourth-order valence-electron chi connectivity index (χ4n) is 4.89. The average molecular weight is 496 g/mol. The first-order valence-corrected chi connectivity index (χ1v) is 12.8. The molecule has 0 radical (unpaired) electrons. The van der Waals surface area contributed by atoms with E-state index in [-0.39, 0.29) is 17.9 Å². The second-order valence-electron chi connectivity index (χ2n) is 9.62. The summed E-state index contributed by atoms with van der Waals surface area (Å²) in [7, 11) is 0. The third kappa shape index (κ3) is 5.64. The number of carbonyl (C=O) groups excluding carboxylic acids is 2. The molecule has 184 valence electrons. The second-order valence-corrected chi connectivity index (χ2v) is 10.1. The van der Waals surface area contributed by atoms with Gasteiger partial charge in [-0.2, -0.15) is 5.10 Å². The summed E-state index contributed by atoms with van der Waals surface area (Å²) in [5, 5.41) is 9.02. The minimum atomic E-state index is -0.159. The molecule has 3 aromatic rings. The van der Waals surface area contributed by atoms with Gasteiger partial charge < -0.3 is 10.1 Å². The number of carbonyl (C=O) groups is 2. The predicted molar refractivity (Wildman–Crippen MR) is 132 cm³/mol. The van der Waals surface area contributed by atoms with E-state index in [4.69, 9.17) is 16.3 Å². The lowest BCUT2D eigenvalue weighted by Crippen LogP contribution is -2.38. The summed E-state index contributed by atoms with van der Waals surface area (Å²) < 4.78 is 6.89. The Labute approximate surface area is 209 Å². The van der Waals surface area contributed by atoms with Gasteiger partial charge in [-0.15, -0.1) is 0 Å². The maximum Gasteiger partial charge on any atom is 0.306 e. The molecule has 1 aromatic carbocycles. The van der Waals surface area contributed by atoms with Crippen LogP contribution in [0.25, 0.3) is 10.9 Å². The topological polar surface area (TPSA) is 99.0 Å². The maximum atomic E-state index is 13.3. The van der Waals surface area contributed by atoms with Gasteiger partial charge in [-0.1, -0.05) is 11.6 Å². The van der Waals surface area contributed by atoms with Crippen molar-refractivity contribution in [3.63, 3.8) is 0 Å². The number of esters is 1. The highest BCUT2D eigenvalue weighted by Gasteiger charge is 2.27. The Hall–Kier alpha value is -3.00. The number of nitrogens with zero attached hydrogens (tertiary/aromatic N) is 4. The summed E-state index contributed by atoms with van der Waals surface area (Å²) in [4.78, 5) is 34.1. The van der Waals surface area contributed by atoms with Crippen LogP contribution in [0.5, 0.6) is 0 Å². The Kier molecular flexibility index (Phi) is 7.00. The molecule has 2 fully saturated rings. The third-order valence-corrected chi connectivity index (χ3v) is 7.10. The lowest BCUT2D eigenvalue weighted by molar-refractivity contribution is -0.144. The van der Waals surface area contributed by atoms with E-state index in [0.717, 1.165) is 60.8 Å². The summed E-state index contributed by atoms with van der Waals surface area (Å²) in [6.07, 6.45) is 11.7. The van der Waals surface area contributed by atoms with Crippen LogP contribution >= 0.6 is 11.6 Å². The predicted octanol–water partition coefficient (Wildman–Crippen LogP) is 4.65. The summed E-state index contributed by atoms with van der Waals surface area (Å²) in [6.45, 7) is 2.70. The molecule has 0 aliphatic heterocycles. The molecule has 0 spiro atoms. The van der Waals surface area contributed by atoms with Crippen LogP contribution in [0.2, 0.25) is 5.02 Å². The molecule has 1 amide bonds. The molecule has 2 aromatic heterocycles. The molecule has 5 rings (SSSR count). The summed E-state index contributed by atoms with van der Waals surface area (Å²) in [5.41, 5.74) is 2.18. The van der Waals surface area contributed by atoms with Gasteiger partial charge in [-0.25, -0.2) is 9.97 Å². The molecule has 9 heteroatoms. The molecule has 2 heterocycles. The zero-order chi connectivity index (χ0) is 24.4. The Morgan fingerprint density at radius 1 is 1.09 bits per heavy atom. The van der Waals surface area contributed by atoms with E-state index in [9.17, 15) is 9.59 Å². The number of benzene rings is 1. The highest BCUT2D eigenvalue weighted by molar-refractivity contribution is 6.32. The van der Waals surface area contributed by atoms with Gasteiger partial charge >= 0.3 is 5.97 Å². The van der Waals surface area contributed by atoms with Crippen molar-refractivity contribution < 1.29 is 14.3 Å². The molecule has 0 saturated heterocycles. The number of amides is 1. The van der Waals surface area contributed by atoms with Gasteiger partial charge in [0.15, 0.2) is 0 Å². The van der Waals surface area contributed by atoms with E-state index in [2.05, 4.69) is 20.4 Å². The monoisotopic (exact) mass is 495 g/mol. The van der Waals surface area contributed by atoms with Crippen molar-refractivity contribution in [1.82, 2.24) is 25.1 Å². The van der Waals surface area contributed by atoms with Crippen LogP contribution in [-0.4, -0.2) is 44.3 Å². The lowest BCUT2D eigenvalue weighted by atomic mass is 9.84. The van der Waals surface area contributed by atoms with Crippen LogP contribution in [0, 0.1) is 5.92 Å². The van der Waals surface area contributed by atoms with E-state index in [0.29, 0.717) is 42.0 Å². The Morgan fingerprint density at radius 3 is 2.51 bits per heavy atom. The number of rotatable bonds is 8. The van der Waals surface area contributed by atoms with E-state index in [1.54, 1.807) is 12.3 Å². The second kappa shape index (κ2) is 10.3. The number of nitrogens with one attached hydrogen (secondary N) is 1. The van der Waals surface area contributed by atoms with Crippen molar-refractivity contribution in [2.75, 3.05) is 6.61 Å². The van der Waals surface area contributed by atoms with Crippen molar-refractivity contribution in [2.24, 2.45) is 5.92 Å². The molecule has 1 N–H and O–H groups in total. The molecule has 35 heavy (non-hydrogen) atoms. The number of hydrogen-bond donors (Lipinski definition) is 1. The highest BCUT2D eigenvalue weighted by Crippen LogP contribution is 2.37. The maximum absolute atomic E-state index is 13.3. The van der Waals surface area contributed by atoms with Crippen molar-refractivity contribution in [2.45, 2.75) is 70.4 Å². The van der Waals surface area contributed by atoms with Crippen LogP contribution in [0.1, 0.15) is 79.5 Å². The number of aromatic nitrogens is 4. The SMILES string of the molecule is CCOC(=O)CC1CCC(NC(=O)c2cc(Cl)cc3cnn(Cc4cnc(C5CC5)nc4)c23)CC1. The molecule has 2 aliphatic rings. The van der Waals surface area contributed by atoms with Crippen molar-refractivity contribution in [3.8, 4) is 0 Å². The largest absolute Gasteiger partial charge is 0.466 e. The van der Waals surface area contributed by atoms with E-state index in [1.807, 2.05) is 30.1 Å². The van der Waals surface area contributed by atoms with Crippen LogP contribution in [0.4, 0.5) is 0 Å². The molecule has 0 bridgehead atoms. The minimum Gasteiger partial charge on any atom is -0.466 e. The Balaban J connectivity index is 1.28. The molecule has 0 unspecified atom stereocenters. The van der Waals surface area contributed by atoms with Gasteiger partial charge in [0.2, 0.25) is 0 Å². The van der Waals surface area contributed by atoms with Crippen LogP contribution in [0.15, 0.2) is 30.7 Å². The van der Waals surface area contributed by atoms with Gasteiger partial charge in [0, 0.05) is 46.7 Å². The summed E-state index contributed by atoms with van der Waals surface area (Å²) >= 11 is 6.35. The van der Waals surface area contributed by atoms with Crippen LogP contribution < -0.4 is 5.32 Å². The Morgan fingerprint density at radius 2 is 1.83 bits per heavy atom. The zero-order valence-electron chi connectivity index (χ0n) is 19.9. The highest BCUT2D eigenvalue weighted by atomic mass is 35.5. The summed E-state index contributed by atoms with van der Waals surface area (Å²) in [6, 6.07) is 3.59. The first kappa shape index (κ1) is 23.7. The van der Waals surface area contributed by atoms with Crippen molar-refractivity contribution >= 4 is 34.4 Å². The van der Waals surface area contributed by atoms with Crippen molar-refractivity contribution in [3.05, 3.63) is 52.7 Å². The Bertz CT molecular complexity index is 1210. The number of fused-ring (bicyclic) bond motifs is 1. The van der Waals surface area contributed by atoms with Gasteiger partial charge in [0.25, 0.3) is 5.91 Å². The molecule has 2 aliphatic carbocycles. The normalized spacial score (nSPS) is 20.1. The average Bonchev–Trinajstić information content (AvgIpc) is 3.62. The fourth-order valence-corrected chi connectivity index (χ4v) is 5.12.